The topological polar surface area (TPSA) is 54.0 Å². The lowest BCUT2D eigenvalue weighted by atomic mass is 9.65. The Balaban J connectivity index is 1.91. The second-order valence-electron chi connectivity index (χ2n) is 8.71. The first kappa shape index (κ1) is 18.7. The third-order valence-corrected chi connectivity index (χ3v) is 6.05. The summed E-state index contributed by atoms with van der Waals surface area (Å²) in [6.45, 7) is 7.27. The van der Waals surface area contributed by atoms with E-state index in [9.17, 15) is 4.79 Å². The van der Waals surface area contributed by atoms with Gasteiger partial charge in [0.15, 0.2) is 0 Å². The highest BCUT2D eigenvalue weighted by Crippen LogP contribution is 2.53. The molecule has 0 saturated carbocycles. The standard InChI is InChI=1S/C21H23Cl2N3O/c1-20(2,3)9-17-21(15(11-24-17)12-5-4-6-13(22)7-12)18-16(26-19(21)27)8-14(23)10-25-18/h4-8,10,15,17,24H,9,11H2,1-3H3,(H,26,27)/t15?,17?,21-/m0/s1. The summed E-state index contributed by atoms with van der Waals surface area (Å²) in [5.41, 5.74) is 1.82. The average molecular weight is 404 g/mol. The number of pyridine rings is 1. The van der Waals surface area contributed by atoms with Gasteiger partial charge in [-0.15, -0.1) is 0 Å². The van der Waals surface area contributed by atoms with Gasteiger partial charge in [0.05, 0.1) is 16.4 Å². The Morgan fingerprint density at radius 1 is 1.22 bits per heavy atom. The summed E-state index contributed by atoms with van der Waals surface area (Å²) in [5, 5.41) is 7.85. The van der Waals surface area contributed by atoms with Crippen molar-refractivity contribution >= 4 is 34.8 Å². The molecule has 3 heterocycles. The van der Waals surface area contributed by atoms with Gasteiger partial charge in [-0.3, -0.25) is 9.78 Å². The zero-order valence-electron chi connectivity index (χ0n) is 15.6. The molecule has 0 radical (unpaired) electrons. The van der Waals surface area contributed by atoms with E-state index in [0.717, 1.165) is 17.7 Å². The van der Waals surface area contributed by atoms with Crippen LogP contribution in [0.2, 0.25) is 10.0 Å². The van der Waals surface area contributed by atoms with Crippen molar-refractivity contribution in [3.63, 3.8) is 0 Å². The molecular weight excluding hydrogens is 381 g/mol. The zero-order valence-corrected chi connectivity index (χ0v) is 17.2. The number of rotatable bonds is 2. The Morgan fingerprint density at radius 2 is 2.00 bits per heavy atom. The number of halogens is 2. The zero-order chi connectivity index (χ0) is 19.4. The van der Waals surface area contributed by atoms with E-state index in [1.54, 1.807) is 12.3 Å². The van der Waals surface area contributed by atoms with Crippen molar-refractivity contribution in [2.75, 3.05) is 11.9 Å². The predicted molar refractivity (Wildman–Crippen MR) is 110 cm³/mol. The maximum absolute atomic E-state index is 13.5. The quantitative estimate of drug-likeness (QED) is 0.758. The maximum Gasteiger partial charge on any atom is 0.239 e. The van der Waals surface area contributed by atoms with Crippen molar-refractivity contribution in [1.82, 2.24) is 10.3 Å². The summed E-state index contributed by atoms with van der Waals surface area (Å²) in [6, 6.07) is 9.55. The highest BCUT2D eigenvalue weighted by Gasteiger charge is 2.62. The largest absolute Gasteiger partial charge is 0.324 e. The van der Waals surface area contributed by atoms with Crippen LogP contribution in [0.15, 0.2) is 36.5 Å². The summed E-state index contributed by atoms with van der Waals surface area (Å²) in [7, 11) is 0. The van der Waals surface area contributed by atoms with E-state index < -0.39 is 5.41 Å². The number of anilines is 1. The van der Waals surface area contributed by atoms with Gasteiger partial charge in [0, 0.05) is 29.7 Å². The second kappa shape index (κ2) is 6.47. The number of hydrogen-bond donors (Lipinski definition) is 2. The number of amides is 1. The van der Waals surface area contributed by atoms with Crippen LogP contribution in [0, 0.1) is 5.41 Å². The highest BCUT2D eigenvalue weighted by molar-refractivity contribution is 6.31. The van der Waals surface area contributed by atoms with Crippen LogP contribution in [0.5, 0.6) is 0 Å². The Hall–Kier alpha value is -1.62. The molecule has 0 aliphatic carbocycles. The molecule has 1 saturated heterocycles. The summed E-state index contributed by atoms with van der Waals surface area (Å²) < 4.78 is 0. The molecule has 1 aromatic heterocycles. The number of aromatic nitrogens is 1. The molecule has 2 aliphatic rings. The van der Waals surface area contributed by atoms with E-state index >= 15 is 0 Å². The minimum Gasteiger partial charge on any atom is -0.324 e. The van der Waals surface area contributed by atoms with E-state index in [1.165, 1.54) is 0 Å². The molecule has 3 atom stereocenters. The molecule has 4 nitrogen and oxygen atoms in total. The fourth-order valence-electron chi connectivity index (χ4n) is 4.62. The summed E-state index contributed by atoms with van der Waals surface area (Å²) >= 11 is 12.4. The van der Waals surface area contributed by atoms with Gasteiger partial charge in [0.2, 0.25) is 5.91 Å². The number of benzene rings is 1. The molecule has 6 heteroatoms. The van der Waals surface area contributed by atoms with Crippen LogP contribution < -0.4 is 10.6 Å². The van der Waals surface area contributed by atoms with Crippen LogP contribution in [-0.4, -0.2) is 23.5 Å². The molecule has 1 aromatic carbocycles. The van der Waals surface area contributed by atoms with Gasteiger partial charge in [0.1, 0.15) is 5.41 Å². The third-order valence-electron chi connectivity index (χ3n) is 5.61. The normalized spacial score (nSPS) is 27.1. The summed E-state index contributed by atoms with van der Waals surface area (Å²) in [6.07, 6.45) is 2.48. The maximum atomic E-state index is 13.5. The predicted octanol–water partition coefficient (Wildman–Crippen LogP) is 4.77. The van der Waals surface area contributed by atoms with Crippen molar-refractivity contribution < 1.29 is 4.79 Å². The summed E-state index contributed by atoms with van der Waals surface area (Å²) in [5.74, 6) is -0.0741. The van der Waals surface area contributed by atoms with Crippen LogP contribution in [0.25, 0.3) is 0 Å². The number of fused-ring (bicyclic) bond motifs is 2. The van der Waals surface area contributed by atoms with E-state index in [1.807, 2.05) is 24.3 Å². The van der Waals surface area contributed by atoms with Crippen molar-refractivity contribution in [2.24, 2.45) is 5.41 Å². The molecule has 142 valence electrons. The van der Waals surface area contributed by atoms with E-state index in [2.05, 4.69) is 36.4 Å². The molecule has 1 amide bonds. The molecule has 1 spiro atoms. The van der Waals surface area contributed by atoms with Crippen LogP contribution in [-0.2, 0) is 10.2 Å². The molecule has 2 aliphatic heterocycles. The van der Waals surface area contributed by atoms with E-state index in [4.69, 9.17) is 23.2 Å². The number of nitrogens with one attached hydrogen (secondary N) is 2. The van der Waals surface area contributed by atoms with Crippen LogP contribution in [0.1, 0.15) is 44.4 Å². The minimum atomic E-state index is -0.780. The Bertz CT molecular complexity index is 909. The molecule has 4 rings (SSSR count). The molecule has 2 N–H and O–H groups in total. The second-order valence-corrected chi connectivity index (χ2v) is 9.58. The number of hydrogen-bond acceptors (Lipinski definition) is 3. The van der Waals surface area contributed by atoms with Gasteiger partial charge in [0.25, 0.3) is 0 Å². The smallest absolute Gasteiger partial charge is 0.239 e. The number of carbonyl (C=O) groups excluding carboxylic acids is 1. The van der Waals surface area contributed by atoms with Crippen molar-refractivity contribution in [1.29, 1.82) is 0 Å². The van der Waals surface area contributed by atoms with Gasteiger partial charge < -0.3 is 10.6 Å². The molecule has 1 fully saturated rings. The van der Waals surface area contributed by atoms with Gasteiger partial charge in [-0.1, -0.05) is 56.1 Å². The fraction of sp³-hybridized carbons (Fsp3) is 0.429. The van der Waals surface area contributed by atoms with Gasteiger partial charge in [-0.25, -0.2) is 0 Å². The van der Waals surface area contributed by atoms with Gasteiger partial charge in [-0.05, 0) is 35.6 Å². The minimum absolute atomic E-state index is 0.0171. The van der Waals surface area contributed by atoms with Crippen LogP contribution >= 0.6 is 23.2 Å². The first-order chi connectivity index (χ1) is 12.7. The lowest BCUT2D eigenvalue weighted by Crippen LogP contribution is -2.50. The van der Waals surface area contributed by atoms with Crippen LogP contribution in [0.4, 0.5) is 5.69 Å². The monoisotopic (exact) mass is 403 g/mol. The number of nitrogens with zero attached hydrogens (tertiary/aromatic N) is 1. The fourth-order valence-corrected chi connectivity index (χ4v) is 4.98. The van der Waals surface area contributed by atoms with Crippen LogP contribution in [0.3, 0.4) is 0 Å². The average Bonchev–Trinajstić information content (AvgIpc) is 3.06. The lowest BCUT2D eigenvalue weighted by Gasteiger charge is -2.36. The summed E-state index contributed by atoms with van der Waals surface area (Å²) in [4.78, 5) is 18.1. The molecule has 2 unspecified atom stereocenters. The van der Waals surface area contributed by atoms with E-state index in [-0.39, 0.29) is 23.3 Å². The van der Waals surface area contributed by atoms with Crippen molar-refractivity contribution in [2.45, 2.75) is 44.6 Å². The lowest BCUT2D eigenvalue weighted by molar-refractivity contribution is -0.122. The third kappa shape index (κ3) is 3.04. The Labute approximate surface area is 169 Å². The van der Waals surface area contributed by atoms with Gasteiger partial charge >= 0.3 is 0 Å². The molecule has 2 aromatic rings. The highest BCUT2D eigenvalue weighted by atomic mass is 35.5. The Kier molecular flexibility index (Phi) is 4.49. The molecule has 0 bridgehead atoms. The van der Waals surface area contributed by atoms with Gasteiger partial charge in [-0.2, -0.15) is 0 Å². The van der Waals surface area contributed by atoms with E-state index in [0.29, 0.717) is 22.3 Å². The number of carbonyl (C=O) groups is 1. The Morgan fingerprint density at radius 3 is 2.70 bits per heavy atom. The SMILES string of the molecule is CC(C)(C)CC1NCC(c2cccc(Cl)c2)[C@]12C(=O)Nc1cc(Cl)cnc12. The molecule has 27 heavy (non-hydrogen) atoms. The first-order valence-electron chi connectivity index (χ1n) is 9.18. The van der Waals surface area contributed by atoms with Crippen molar-refractivity contribution in [3.05, 3.63) is 57.8 Å². The molecular formula is C21H23Cl2N3O. The first-order valence-corrected chi connectivity index (χ1v) is 9.94. The van der Waals surface area contributed by atoms with Crippen molar-refractivity contribution in [3.8, 4) is 0 Å².